The molecule has 3 rings (SSSR count). The lowest BCUT2D eigenvalue weighted by atomic mass is 10.2. The van der Waals surface area contributed by atoms with Gasteiger partial charge in [0.15, 0.2) is 5.96 Å². The van der Waals surface area contributed by atoms with Crippen molar-refractivity contribution in [3.05, 3.63) is 0 Å². The van der Waals surface area contributed by atoms with Crippen LogP contribution in [0.4, 0.5) is 0 Å². The van der Waals surface area contributed by atoms with Crippen LogP contribution in [0.2, 0.25) is 0 Å². The van der Waals surface area contributed by atoms with E-state index >= 15 is 0 Å². The highest BCUT2D eigenvalue weighted by Crippen LogP contribution is 2.17. The number of hydrogen-bond acceptors (Lipinski definition) is 5. The second-order valence-electron chi connectivity index (χ2n) is 7.57. The number of nitrogens with zero attached hydrogens (tertiary/aromatic N) is 4. The molecule has 0 saturated carbocycles. The maximum Gasteiger partial charge on any atom is 0.251 e. The molecule has 8 nitrogen and oxygen atoms in total. The summed E-state index contributed by atoms with van der Waals surface area (Å²) in [5.41, 5.74) is 0. The maximum absolute atomic E-state index is 12.5. The number of likely N-dealkylation sites (tertiary alicyclic amines) is 1. The summed E-state index contributed by atoms with van der Waals surface area (Å²) in [4.78, 5) is 23.7. The van der Waals surface area contributed by atoms with Crippen LogP contribution in [0.5, 0.6) is 0 Å². The minimum Gasteiger partial charge on any atom is -0.383 e. The third-order valence-electron chi connectivity index (χ3n) is 5.89. The van der Waals surface area contributed by atoms with Gasteiger partial charge in [-0.3, -0.25) is 14.7 Å². The smallest absolute Gasteiger partial charge is 0.251 e. The molecule has 3 saturated heterocycles. The van der Waals surface area contributed by atoms with E-state index in [2.05, 4.69) is 20.1 Å². The van der Waals surface area contributed by atoms with E-state index in [9.17, 15) is 4.79 Å². The number of amides is 1. The summed E-state index contributed by atoms with van der Waals surface area (Å²) in [7, 11) is 3.60. The van der Waals surface area contributed by atoms with Crippen molar-refractivity contribution in [2.45, 2.75) is 37.8 Å². The third-order valence-corrected chi connectivity index (χ3v) is 5.89. The van der Waals surface area contributed by atoms with Crippen molar-refractivity contribution in [3.8, 4) is 0 Å². The molecule has 1 amide bonds. The molecular formula is C19H35N5O3. The number of aliphatic imine (C=N–C) groups is 1. The summed E-state index contributed by atoms with van der Waals surface area (Å²) >= 11 is 0. The summed E-state index contributed by atoms with van der Waals surface area (Å²) < 4.78 is 10.8. The molecule has 0 radical (unpaired) electrons. The van der Waals surface area contributed by atoms with Crippen molar-refractivity contribution in [2.24, 2.45) is 4.99 Å². The zero-order valence-corrected chi connectivity index (χ0v) is 16.9. The molecule has 0 aromatic rings. The van der Waals surface area contributed by atoms with Gasteiger partial charge in [0.25, 0.3) is 5.91 Å². The largest absolute Gasteiger partial charge is 0.383 e. The van der Waals surface area contributed by atoms with Crippen LogP contribution >= 0.6 is 0 Å². The second kappa shape index (κ2) is 10.2. The van der Waals surface area contributed by atoms with E-state index in [-0.39, 0.29) is 12.0 Å². The van der Waals surface area contributed by atoms with Gasteiger partial charge in [-0.05, 0) is 32.2 Å². The Morgan fingerprint density at radius 3 is 2.59 bits per heavy atom. The summed E-state index contributed by atoms with van der Waals surface area (Å²) in [6.45, 7) is 7.66. The number of carbonyl (C=O) groups is 1. The Bertz CT molecular complexity index is 502. The van der Waals surface area contributed by atoms with Crippen molar-refractivity contribution in [1.29, 1.82) is 0 Å². The summed E-state index contributed by atoms with van der Waals surface area (Å²) in [5.74, 6) is 1.10. The SMILES string of the molecule is CN=C(NCC1CCCN1CCOC)N1CCN(C(=O)C2CCCO2)CC1. The molecule has 8 heteroatoms. The van der Waals surface area contributed by atoms with Gasteiger partial charge in [-0.15, -0.1) is 0 Å². The average Bonchev–Trinajstić information content (AvgIpc) is 3.39. The third kappa shape index (κ3) is 5.33. The van der Waals surface area contributed by atoms with E-state index in [1.54, 1.807) is 7.11 Å². The Balaban J connectivity index is 1.43. The quantitative estimate of drug-likeness (QED) is 0.516. The van der Waals surface area contributed by atoms with Crippen molar-refractivity contribution in [2.75, 3.05) is 73.2 Å². The highest BCUT2D eigenvalue weighted by Gasteiger charge is 2.31. The standard InChI is InChI=1S/C19H35N5O3/c1-20-19(21-15-16-5-3-7-22(16)12-14-26-2)24-10-8-23(9-11-24)18(25)17-6-4-13-27-17/h16-17H,3-15H2,1-2H3,(H,20,21). The van der Waals surface area contributed by atoms with Crippen LogP contribution in [0.25, 0.3) is 0 Å². The molecule has 3 aliphatic heterocycles. The van der Waals surface area contributed by atoms with Crippen LogP contribution < -0.4 is 5.32 Å². The summed E-state index contributed by atoms with van der Waals surface area (Å²) in [6.07, 6.45) is 4.11. The van der Waals surface area contributed by atoms with Crippen LogP contribution in [-0.4, -0.2) is 112 Å². The van der Waals surface area contributed by atoms with E-state index in [1.165, 1.54) is 12.8 Å². The monoisotopic (exact) mass is 381 g/mol. The van der Waals surface area contributed by atoms with E-state index < -0.39 is 0 Å². The van der Waals surface area contributed by atoms with E-state index in [4.69, 9.17) is 9.47 Å². The van der Waals surface area contributed by atoms with Crippen molar-refractivity contribution < 1.29 is 14.3 Å². The normalized spacial score (nSPS) is 27.4. The Morgan fingerprint density at radius 1 is 1.15 bits per heavy atom. The number of piperazine rings is 1. The van der Waals surface area contributed by atoms with Crippen LogP contribution in [0, 0.1) is 0 Å². The van der Waals surface area contributed by atoms with Gasteiger partial charge < -0.3 is 24.6 Å². The predicted molar refractivity (Wildman–Crippen MR) is 105 cm³/mol. The van der Waals surface area contributed by atoms with Gasteiger partial charge >= 0.3 is 0 Å². The highest BCUT2D eigenvalue weighted by molar-refractivity contribution is 5.82. The first-order valence-electron chi connectivity index (χ1n) is 10.3. The average molecular weight is 382 g/mol. The Hall–Kier alpha value is -1.38. The van der Waals surface area contributed by atoms with Gasteiger partial charge in [-0.25, -0.2) is 0 Å². The topological polar surface area (TPSA) is 69.6 Å². The van der Waals surface area contributed by atoms with Gasteiger partial charge in [-0.2, -0.15) is 0 Å². The van der Waals surface area contributed by atoms with Crippen molar-refractivity contribution in [3.63, 3.8) is 0 Å². The predicted octanol–water partition coefficient (Wildman–Crippen LogP) is -0.00420. The number of nitrogens with one attached hydrogen (secondary N) is 1. The zero-order valence-electron chi connectivity index (χ0n) is 16.9. The molecule has 0 aromatic carbocycles. The number of methoxy groups -OCH3 is 1. The molecule has 2 atom stereocenters. The lowest BCUT2D eigenvalue weighted by Gasteiger charge is -2.37. The van der Waals surface area contributed by atoms with E-state index in [1.807, 2.05) is 11.9 Å². The fourth-order valence-electron chi connectivity index (χ4n) is 4.29. The maximum atomic E-state index is 12.5. The second-order valence-corrected chi connectivity index (χ2v) is 7.57. The van der Waals surface area contributed by atoms with Crippen LogP contribution in [0.1, 0.15) is 25.7 Å². The lowest BCUT2D eigenvalue weighted by molar-refractivity contribution is -0.142. The molecule has 3 heterocycles. The molecule has 0 bridgehead atoms. The van der Waals surface area contributed by atoms with Crippen LogP contribution in [0.15, 0.2) is 4.99 Å². The molecule has 27 heavy (non-hydrogen) atoms. The van der Waals surface area contributed by atoms with Gasteiger partial charge in [0.2, 0.25) is 0 Å². The Labute approximate surface area is 162 Å². The first-order chi connectivity index (χ1) is 13.2. The minimum absolute atomic E-state index is 0.162. The van der Waals surface area contributed by atoms with E-state index in [0.29, 0.717) is 6.04 Å². The fourth-order valence-corrected chi connectivity index (χ4v) is 4.29. The van der Waals surface area contributed by atoms with Gasteiger partial charge in [0, 0.05) is 66.1 Å². The number of ether oxygens (including phenoxy) is 2. The van der Waals surface area contributed by atoms with Crippen molar-refractivity contribution >= 4 is 11.9 Å². The first kappa shape index (κ1) is 20.4. The molecule has 0 aliphatic carbocycles. The van der Waals surface area contributed by atoms with Crippen LogP contribution in [0.3, 0.4) is 0 Å². The number of rotatable bonds is 6. The van der Waals surface area contributed by atoms with E-state index in [0.717, 1.165) is 77.8 Å². The molecule has 3 aliphatic rings. The first-order valence-corrected chi connectivity index (χ1v) is 10.3. The Kier molecular flexibility index (Phi) is 7.72. The number of hydrogen-bond donors (Lipinski definition) is 1. The summed E-state index contributed by atoms with van der Waals surface area (Å²) in [5, 5.41) is 3.55. The highest BCUT2D eigenvalue weighted by atomic mass is 16.5. The van der Waals surface area contributed by atoms with Gasteiger partial charge in [-0.1, -0.05) is 0 Å². The molecule has 3 fully saturated rings. The molecular weight excluding hydrogens is 346 g/mol. The zero-order chi connectivity index (χ0) is 19.1. The minimum atomic E-state index is -0.213. The molecule has 2 unspecified atom stereocenters. The number of guanidine groups is 1. The van der Waals surface area contributed by atoms with Crippen molar-refractivity contribution in [1.82, 2.24) is 20.0 Å². The Morgan fingerprint density at radius 2 is 1.93 bits per heavy atom. The lowest BCUT2D eigenvalue weighted by Crippen LogP contribution is -2.56. The molecule has 1 N–H and O–H groups in total. The molecule has 0 spiro atoms. The fraction of sp³-hybridized carbons (Fsp3) is 0.895. The van der Waals surface area contributed by atoms with Gasteiger partial charge in [0.1, 0.15) is 6.10 Å². The number of carbonyl (C=O) groups excluding carboxylic acids is 1. The molecule has 154 valence electrons. The molecule has 0 aromatic heterocycles. The summed E-state index contributed by atoms with van der Waals surface area (Å²) in [6, 6.07) is 0.541. The van der Waals surface area contributed by atoms with Crippen LogP contribution in [-0.2, 0) is 14.3 Å². The van der Waals surface area contributed by atoms with Gasteiger partial charge in [0.05, 0.1) is 6.61 Å².